The van der Waals surface area contributed by atoms with E-state index in [0.717, 1.165) is 49.9 Å². The smallest absolute Gasteiger partial charge is 0.264 e. The Balaban J connectivity index is 1.19. The molecule has 2 atom stereocenters. The van der Waals surface area contributed by atoms with Crippen LogP contribution in [0.15, 0.2) is 65.7 Å². The van der Waals surface area contributed by atoms with Gasteiger partial charge in [-0.15, -0.1) is 0 Å². The van der Waals surface area contributed by atoms with Crippen LogP contribution in [-0.2, 0) is 10.0 Å². The maximum Gasteiger partial charge on any atom is 0.264 e. The molecule has 35 heavy (non-hydrogen) atoms. The van der Waals surface area contributed by atoms with Gasteiger partial charge in [0.15, 0.2) is 0 Å². The van der Waals surface area contributed by atoms with Gasteiger partial charge in [-0.3, -0.25) is 19.4 Å². The van der Waals surface area contributed by atoms with Crippen molar-refractivity contribution in [3.05, 3.63) is 66.4 Å². The minimum Gasteiger partial charge on any atom is -0.336 e. The first-order chi connectivity index (χ1) is 16.9. The van der Waals surface area contributed by atoms with Crippen LogP contribution in [0.2, 0.25) is 0 Å². The van der Waals surface area contributed by atoms with Crippen molar-refractivity contribution in [3.63, 3.8) is 0 Å². The minimum absolute atomic E-state index is 0.00686. The van der Waals surface area contributed by atoms with Crippen molar-refractivity contribution in [2.24, 2.45) is 11.8 Å². The molecule has 0 spiro atoms. The van der Waals surface area contributed by atoms with Gasteiger partial charge in [-0.2, -0.15) is 0 Å². The van der Waals surface area contributed by atoms with Crippen LogP contribution < -0.4 is 4.72 Å². The lowest BCUT2D eigenvalue weighted by atomic mass is 10.1. The number of carbonyl (C=O) groups is 1. The Labute approximate surface area is 207 Å². The van der Waals surface area contributed by atoms with E-state index in [0.29, 0.717) is 16.8 Å². The molecular formula is C27H32N4O3S. The van der Waals surface area contributed by atoms with Gasteiger partial charge in [0.25, 0.3) is 15.9 Å². The molecule has 2 aliphatic rings. The second-order valence-electron chi connectivity index (χ2n) is 9.65. The third kappa shape index (κ3) is 5.33. The molecule has 2 unspecified atom stereocenters. The number of piperazine rings is 1. The molecule has 2 aromatic carbocycles. The van der Waals surface area contributed by atoms with Crippen molar-refractivity contribution in [1.82, 2.24) is 14.8 Å². The van der Waals surface area contributed by atoms with E-state index >= 15 is 0 Å². The molecule has 3 aromatic rings. The Bertz CT molecular complexity index is 1300. The van der Waals surface area contributed by atoms with Gasteiger partial charge in [0.1, 0.15) is 4.90 Å². The lowest BCUT2D eigenvalue weighted by Crippen LogP contribution is -2.49. The topological polar surface area (TPSA) is 82.6 Å². The summed E-state index contributed by atoms with van der Waals surface area (Å²) in [5, 5.41) is 0.759. The van der Waals surface area contributed by atoms with Crippen molar-refractivity contribution >= 4 is 32.5 Å². The first-order valence-electron chi connectivity index (χ1n) is 12.4. The Morgan fingerprint density at radius 3 is 2.49 bits per heavy atom. The molecule has 0 radical (unpaired) electrons. The number of anilines is 1. The zero-order valence-corrected chi connectivity index (χ0v) is 20.9. The number of nitrogens with one attached hydrogen (secondary N) is 1. The van der Waals surface area contributed by atoms with Gasteiger partial charge in [0.2, 0.25) is 0 Å². The largest absolute Gasteiger partial charge is 0.336 e. The molecular weight excluding hydrogens is 460 g/mol. The molecule has 1 N–H and O–H groups in total. The molecule has 8 heteroatoms. The highest BCUT2D eigenvalue weighted by molar-refractivity contribution is 7.93. The number of benzene rings is 2. The number of para-hydroxylation sites is 1. The fraction of sp³-hybridized carbons (Fsp3) is 0.407. The van der Waals surface area contributed by atoms with Gasteiger partial charge in [-0.1, -0.05) is 38.0 Å². The van der Waals surface area contributed by atoms with Crippen LogP contribution >= 0.6 is 0 Å². The molecule has 1 aliphatic carbocycles. The van der Waals surface area contributed by atoms with Crippen LogP contribution in [0.3, 0.4) is 0 Å². The van der Waals surface area contributed by atoms with E-state index in [1.54, 1.807) is 48.7 Å². The third-order valence-corrected chi connectivity index (χ3v) is 8.56. The lowest BCUT2D eigenvalue weighted by molar-refractivity contribution is 0.0630. The summed E-state index contributed by atoms with van der Waals surface area (Å²) in [6, 6.07) is 15.3. The molecule has 1 amide bonds. The number of aromatic nitrogens is 1. The maximum absolute atomic E-state index is 13.0. The van der Waals surface area contributed by atoms with Crippen LogP contribution in [0.1, 0.15) is 36.5 Å². The number of hydrogen-bond donors (Lipinski definition) is 1. The van der Waals surface area contributed by atoms with Gasteiger partial charge in [0, 0.05) is 55.6 Å². The molecule has 1 saturated heterocycles. The zero-order valence-electron chi connectivity index (χ0n) is 20.1. The summed E-state index contributed by atoms with van der Waals surface area (Å²) in [4.78, 5) is 21.8. The molecule has 1 aliphatic heterocycles. The van der Waals surface area contributed by atoms with E-state index in [1.807, 2.05) is 17.0 Å². The highest BCUT2D eigenvalue weighted by Crippen LogP contribution is 2.42. The van der Waals surface area contributed by atoms with E-state index in [-0.39, 0.29) is 10.8 Å². The quantitative estimate of drug-likeness (QED) is 0.509. The highest BCUT2D eigenvalue weighted by Gasteiger charge is 2.37. The van der Waals surface area contributed by atoms with E-state index in [4.69, 9.17) is 0 Å². The number of sulfonamides is 1. The Morgan fingerprint density at radius 1 is 1.00 bits per heavy atom. The summed E-state index contributed by atoms with van der Waals surface area (Å²) in [5.41, 5.74) is 1.40. The number of rotatable bonds is 8. The van der Waals surface area contributed by atoms with E-state index in [9.17, 15) is 13.2 Å². The normalized spacial score (nSPS) is 20.7. The third-order valence-electron chi connectivity index (χ3n) is 7.15. The number of hydrogen-bond acceptors (Lipinski definition) is 5. The standard InChI is InChI=1S/C27H32N4O3S/c1-2-5-22-18-23(22)19-30-14-16-31(17-15-30)27(32)21-9-11-24(12-10-21)29-35(33,34)25-8-3-6-20-7-4-13-28-26(20)25/h3-4,6-13,22-23,29H,2,5,14-19H2,1H3. The van der Waals surface area contributed by atoms with Gasteiger partial charge >= 0.3 is 0 Å². The summed E-state index contributed by atoms with van der Waals surface area (Å²) >= 11 is 0. The van der Waals surface area contributed by atoms with Gasteiger partial charge in [0.05, 0.1) is 5.52 Å². The van der Waals surface area contributed by atoms with Crippen molar-refractivity contribution < 1.29 is 13.2 Å². The maximum atomic E-state index is 13.0. The van der Waals surface area contributed by atoms with E-state index < -0.39 is 10.0 Å². The van der Waals surface area contributed by atoms with Crippen LogP contribution in [0, 0.1) is 11.8 Å². The van der Waals surface area contributed by atoms with E-state index in [1.165, 1.54) is 19.3 Å². The molecule has 2 fully saturated rings. The van der Waals surface area contributed by atoms with Crippen LogP contribution in [0.4, 0.5) is 5.69 Å². The van der Waals surface area contributed by atoms with E-state index in [2.05, 4.69) is 21.5 Å². The molecule has 1 saturated carbocycles. The van der Waals surface area contributed by atoms with Crippen molar-refractivity contribution in [2.75, 3.05) is 37.4 Å². The predicted octanol–water partition coefficient (Wildman–Crippen LogP) is 4.23. The summed E-state index contributed by atoms with van der Waals surface area (Å²) < 4.78 is 28.7. The van der Waals surface area contributed by atoms with Crippen LogP contribution in [0.5, 0.6) is 0 Å². The van der Waals surface area contributed by atoms with Gasteiger partial charge < -0.3 is 4.90 Å². The summed E-state index contributed by atoms with van der Waals surface area (Å²) in [5.74, 6) is 1.75. The van der Waals surface area contributed by atoms with Gasteiger partial charge in [-0.25, -0.2) is 8.42 Å². The Kier molecular flexibility index (Phi) is 6.75. The van der Waals surface area contributed by atoms with Crippen LogP contribution in [0.25, 0.3) is 10.9 Å². The zero-order chi connectivity index (χ0) is 24.4. The lowest BCUT2D eigenvalue weighted by Gasteiger charge is -2.35. The molecule has 2 heterocycles. The number of nitrogens with zero attached hydrogens (tertiary/aromatic N) is 3. The van der Waals surface area contributed by atoms with Crippen molar-refractivity contribution in [1.29, 1.82) is 0 Å². The molecule has 184 valence electrons. The summed E-state index contributed by atoms with van der Waals surface area (Å²) in [6.45, 7) is 6.70. The van der Waals surface area contributed by atoms with Gasteiger partial charge in [-0.05, 0) is 54.7 Å². The van der Waals surface area contributed by atoms with Crippen molar-refractivity contribution in [2.45, 2.75) is 31.1 Å². The second kappa shape index (κ2) is 9.95. The Hall–Kier alpha value is -2.97. The highest BCUT2D eigenvalue weighted by atomic mass is 32.2. The number of amides is 1. The minimum atomic E-state index is -3.83. The second-order valence-corrected chi connectivity index (χ2v) is 11.3. The predicted molar refractivity (Wildman–Crippen MR) is 138 cm³/mol. The van der Waals surface area contributed by atoms with Crippen LogP contribution in [-0.4, -0.2) is 61.8 Å². The SMILES string of the molecule is CCCC1CC1CN1CCN(C(=O)c2ccc(NS(=O)(=O)c3cccc4cccnc34)cc2)CC1. The first-order valence-corrected chi connectivity index (χ1v) is 13.9. The molecule has 5 rings (SSSR count). The molecule has 1 aromatic heterocycles. The molecule has 0 bridgehead atoms. The fourth-order valence-corrected chi connectivity index (χ4v) is 6.33. The average molecular weight is 493 g/mol. The monoisotopic (exact) mass is 492 g/mol. The summed E-state index contributed by atoms with van der Waals surface area (Å²) in [6.07, 6.45) is 5.55. The number of fused-ring (bicyclic) bond motifs is 1. The first kappa shape index (κ1) is 23.8. The average Bonchev–Trinajstić information content (AvgIpc) is 3.61. The Morgan fingerprint density at radius 2 is 1.74 bits per heavy atom. The molecule has 7 nitrogen and oxygen atoms in total. The van der Waals surface area contributed by atoms with Crippen molar-refractivity contribution in [3.8, 4) is 0 Å². The number of carbonyl (C=O) groups excluding carboxylic acids is 1. The fourth-order valence-electron chi connectivity index (χ4n) is 5.09. The summed E-state index contributed by atoms with van der Waals surface area (Å²) in [7, 11) is -3.83. The number of pyridine rings is 1.